The molecule has 0 radical (unpaired) electrons. The number of rotatable bonds is 5. The first-order valence-electron chi connectivity index (χ1n) is 6.07. The maximum atomic E-state index is 11.6. The van der Waals surface area contributed by atoms with Crippen molar-refractivity contribution < 1.29 is 4.79 Å². The molecule has 4 heteroatoms. The third-order valence-corrected chi connectivity index (χ3v) is 2.80. The summed E-state index contributed by atoms with van der Waals surface area (Å²) in [5, 5.41) is 2.96. The zero-order valence-corrected chi connectivity index (χ0v) is 9.50. The average Bonchev–Trinajstić information content (AvgIpc) is 2.30. The topological polar surface area (TPSA) is 58.4 Å². The van der Waals surface area contributed by atoms with Crippen LogP contribution in [0.15, 0.2) is 0 Å². The van der Waals surface area contributed by atoms with E-state index in [1.54, 1.807) is 0 Å². The van der Waals surface area contributed by atoms with Crippen LogP contribution in [0.1, 0.15) is 38.5 Å². The van der Waals surface area contributed by atoms with E-state index in [-0.39, 0.29) is 6.03 Å². The first kappa shape index (κ1) is 12.3. The SMILES string of the molecule is NCCCCCNC(=O)N1CCCCC1. The van der Waals surface area contributed by atoms with Crippen molar-refractivity contribution in [3.05, 3.63) is 0 Å². The highest BCUT2D eigenvalue weighted by Gasteiger charge is 2.15. The molecule has 1 heterocycles. The normalized spacial score (nSPS) is 16.5. The van der Waals surface area contributed by atoms with Crippen LogP contribution >= 0.6 is 0 Å². The molecule has 0 bridgehead atoms. The van der Waals surface area contributed by atoms with Gasteiger partial charge in [-0.1, -0.05) is 6.42 Å². The van der Waals surface area contributed by atoms with Gasteiger partial charge in [-0.2, -0.15) is 0 Å². The minimum Gasteiger partial charge on any atom is -0.338 e. The zero-order valence-electron chi connectivity index (χ0n) is 9.50. The molecule has 0 atom stereocenters. The summed E-state index contributed by atoms with van der Waals surface area (Å²) in [5.41, 5.74) is 5.39. The van der Waals surface area contributed by atoms with Crippen LogP contribution in [0.4, 0.5) is 4.79 Å². The van der Waals surface area contributed by atoms with E-state index in [1.807, 2.05) is 4.90 Å². The Morgan fingerprint density at radius 3 is 2.53 bits per heavy atom. The van der Waals surface area contributed by atoms with Gasteiger partial charge in [-0.25, -0.2) is 4.79 Å². The van der Waals surface area contributed by atoms with E-state index < -0.39 is 0 Å². The fraction of sp³-hybridized carbons (Fsp3) is 0.909. The molecule has 1 aliphatic heterocycles. The summed E-state index contributed by atoms with van der Waals surface area (Å²) in [5.74, 6) is 0. The molecule has 0 unspecified atom stereocenters. The summed E-state index contributed by atoms with van der Waals surface area (Å²) < 4.78 is 0. The van der Waals surface area contributed by atoms with Gasteiger partial charge in [0.1, 0.15) is 0 Å². The Kier molecular flexibility index (Phi) is 6.16. The Morgan fingerprint density at radius 1 is 1.13 bits per heavy atom. The van der Waals surface area contributed by atoms with Gasteiger partial charge in [-0.3, -0.25) is 0 Å². The lowest BCUT2D eigenvalue weighted by atomic mass is 10.1. The molecule has 0 aromatic heterocycles. The first-order valence-corrected chi connectivity index (χ1v) is 6.07. The minimum atomic E-state index is 0.113. The van der Waals surface area contributed by atoms with Gasteiger partial charge in [0, 0.05) is 19.6 Å². The van der Waals surface area contributed by atoms with Crippen LogP contribution in [-0.2, 0) is 0 Å². The number of urea groups is 1. The summed E-state index contributed by atoms with van der Waals surface area (Å²) in [4.78, 5) is 13.5. The minimum absolute atomic E-state index is 0.113. The third-order valence-electron chi connectivity index (χ3n) is 2.80. The van der Waals surface area contributed by atoms with Gasteiger partial charge in [-0.15, -0.1) is 0 Å². The van der Waals surface area contributed by atoms with Crippen molar-refractivity contribution >= 4 is 6.03 Å². The van der Waals surface area contributed by atoms with Crippen LogP contribution in [0.25, 0.3) is 0 Å². The van der Waals surface area contributed by atoms with Crippen molar-refractivity contribution in [2.45, 2.75) is 38.5 Å². The Bertz CT molecular complexity index is 179. The lowest BCUT2D eigenvalue weighted by Gasteiger charge is -2.26. The van der Waals surface area contributed by atoms with Gasteiger partial charge in [0.2, 0.25) is 0 Å². The molecule has 4 nitrogen and oxygen atoms in total. The highest BCUT2D eigenvalue weighted by molar-refractivity contribution is 5.74. The van der Waals surface area contributed by atoms with Crippen LogP contribution in [0.5, 0.6) is 0 Å². The number of hydrogen-bond donors (Lipinski definition) is 2. The molecule has 1 saturated heterocycles. The molecule has 15 heavy (non-hydrogen) atoms. The van der Waals surface area contributed by atoms with Crippen molar-refractivity contribution in [3.8, 4) is 0 Å². The number of amides is 2. The van der Waals surface area contributed by atoms with Gasteiger partial charge in [0.15, 0.2) is 0 Å². The van der Waals surface area contributed by atoms with E-state index in [9.17, 15) is 4.79 Å². The van der Waals surface area contributed by atoms with Crippen LogP contribution < -0.4 is 11.1 Å². The van der Waals surface area contributed by atoms with Crippen LogP contribution in [0.2, 0.25) is 0 Å². The van der Waals surface area contributed by atoms with E-state index in [2.05, 4.69) is 5.32 Å². The van der Waals surface area contributed by atoms with Crippen molar-refractivity contribution in [1.82, 2.24) is 10.2 Å². The molecular weight excluding hydrogens is 190 g/mol. The summed E-state index contributed by atoms with van der Waals surface area (Å²) in [6, 6.07) is 0.113. The number of hydrogen-bond acceptors (Lipinski definition) is 2. The van der Waals surface area contributed by atoms with Gasteiger partial charge in [0.25, 0.3) is 0 Å². The molecule has 0 aliphatic carbocycles. The van der Waals surface area contributed by atoms with Crippen molar-refractivity contribution in [3.63, 3.8) is 0 Å². The van der Waals surface area contributed by atoms with E-state index in [0.717, 1.165) is 58.3 Å². The summed E-state index contributed by atoms with van der Waals surface area (Å²) in [6.45, 7) is 3.39. The highest BCUT2D eigenvalue weighted by atomic mass is 16.2. The molecule has 0 aromatic carbocycles. The zero-order chi connectivity index (χ0) is 10.9. The molecule has 0 saturated carbocycles. The van der Waals surface area contributed by atoms with Crippen LogP contribution in [0.3, 0.4) is 0 Å². The summed E-state index contributed by atoms with van der Waals surface area (Å²) in [6.07, 6.45) is 6.77. The lowest BCUT2D eigenvalue weighted by Crippen LogP contribution is -2.43. The maximum Gasteiger partial charge on any atom is 0.317 e. The molecular formula is C11H23N3O. The number of nitrogens with two attached hydrogens (primary N) is 1. The Hall–Kier alpha value is -0.770. The third kappa shape index (κ3) is 5.02. The molecule has 2 amide bonds. The second-order valence-electron chi connectivity index (χ2n) is 4.13. The van der Waals surface area contributed by atoms with Gasteiger partial charge >= 0.3 is 6.03 Å². The number of piperidine rings is 1. The largest absolute Gasteiger partial charge is 0.338 e. The number of likely N-dealkylation sites (tertiary alicyclic amines) is 1. The Balaban J connectivity index is 2.02. The Labute approximate surface area is 92.2 Å². The molecule has 0 aromatic rings. The smallest absolute Gasteiger partial charge is 0.317 e. The van der Waals surface area contributed by atoms with Crippen LogP contribution in [-0.4, -0.2) is 37.1 Å². The molecule has 0 spiro atoms. The number of nitrogens with zero attached hydrogens (tertiary/aromatic N) is 1. The summed E-state index contributed by atoms with van der Waals surface area (Å²) >= 11 is 0. The molecule has 3 N–H and O–H groups in total. The van der Waals surface area contributed by atoms with Gasteiger partial charge < -0.3 is 16.0 Å². The second kappa shape index (κ2) is 7.51. The molecule has 1 rings (SSSR count). The molecule has 1 fully saturated rings. The number of carbonyl (C=O) groups excluding carboxylic acids is 1. The number of carbonyl (C=O) groups is 1. The van der Waals surface area contributed by atoms with Crippen molar-refractivity contribution in [1.29, 1.82) is 0 Å². The monoisotopic (exact) mass is 213 g/mol. The standard InChI is InChI=1S/C11H23N3O/c12-7-3-1-4-8-13-11(15)14-9-5-2-6-10-14/h1-10,12H2,(H,13,15). The number of unbranched alkanes of at least 4 members (excludes halogenated alkanes) is 2. The van der Waals surface area contributed by atoms with Gasteiger partial charge in [0.05, 0.1) is 0 Å². The molecule has 1 aliphatic rings. The second-order valence-corrected chi connectivity index (χ2v) is 4.13. The summed E-state index contributed by atoms with van der Waals surface area (Å²) in [7, 11) is 0. The van der Waals surface area contributed by atoms with E-state index in [4.69, 9.17) is 5.73 Å². The fourth-order valence-corrected chi connectivity index (χ4v) is 1.85. The van der Waals surface area contributed by atoms with Gasteiger partial charge in [-0.05, 0) is 38.6 Å². The predicted octanol–water partition coefficient (Wildman–Crippen LogP) is 1.31. The number of nitrogens with one attached hydrogen (secondary N) is 1. The highest BCUT2D eigenvalue weighted by Crippen LogP contribution is 2.08. The average molecular weight is 213 g/mol. The van der Waals surface area contributed by atoms with Crippen molar-refractivity contribution in [2.75, 3.05) is 26.2 Å². The Morgan fingerprint density at radius 2 is 1.87 bits per heavy atom. The molecule has 88 valence electrons. The van der Waals surface area contributed by atoms with Crippen LogP contribution in [0, 0.1) is 0 Å². The van der Waals surface area contributed by atoms with E-state index >= 15 is 0 Å². The maximum absolute atomic E-state index is 11.6. The quantitative estimate of drug-likeness (QED) is 0.676. The fourth-order valence-electron chi connectivity index (χ4n) is 1.85. The van der Waals surface area contributed by atoms with E-state index in [0.29, 0.717) is 0 Å². The van der Waals surface area contributed by atoms with Crippen molar-refractivity contribution in [2.24, 2.45) is 5.73 Å². The lowest BCUT2D eigenvalue weighted by molar-refractivity contribution is 0.186. The predicted molar refractivity (Wildman–Crippen MR) is 61.7 cm³/mol. The van der Waals surface area contributed by atoms with E-state index in [1.165, 1.54) is 6.42 Å². The first-order chi connectivity index (χ1) is 7.34.